The Kier molecular flexibility index (Phi) is 3.59. The maximum absolute atomic E-state index is 11.4. The molecule has 0 atom stereocenters. The maximum atomic E-state index is 11.4. The van der Waals surface area contributed by atoms with Gasteiger partial charge in [0, 0.05) is 19.3 Å². The zero-order valence-electron chi connectivity index (χ0n) is 13.2. The number of imidazole rings is 1. The van der Waals surface area contributed by atoms with Gasteiger partial charge in [0.05, 0.1) is 11.9 Å². The summed E-state index contributed by atoms with van der Waals surface area (Å²) in [4.78, 5) is 15.6. The molecule has 0 spiro atoms. The van der Waals surface area contributed by atoms with E-state index in [1.54, 1.807) is 24.0 Å². The van der Waals surface area contributed by atoms with E-state index in [0.717, 1.165) is 5.82 Å². The lowest BCUT2D eigenvalue weighted by Gasteiger charge is -2.17. The highest BCUT2D eigenvalue weighted by molar-refractivity contribution is 5.80. The molecule has 0 bridgehead atoms. The monoisotopic (exact) mass is 304 g/mol. The zero-order chi connectivity index (χ0) is 16.6. The van der Waals surface area contributed by atoms with Crippen molar-refractivity contribution in [1.82, 2.24) is 19.3 Å². The first-order valence-electron chi connectivity index (χ1n) is 7.17. The average molecular weight is 304 g/mol. The molecule has 0 aliphatic heterocycles. The summed E-state index contributed by atoms with van der Waals surface area (Å²) in [6.07, 6.45) is 8.55. The molecule has 0 saturated carbocycles. The summed E-state index contributed by atoms with van der Waals surface area (Å²) in [6, 6.07) is 7.99. The van der Waals surface area contributed by atoms with E-state index in [9.17, 15) is 4.79 Å². The van der Waals surface area contributed by atoms with Crippen molar-refractivity contribution in [1.29, 1.82) is 0 Å². The van der Waals surface area contributed by atoms with Gasteiger partial charge in [-0.05, 0) is 36.5 Å². The molecule has 0 radical (unpaired) electrons. The van der Waals surface area contributed by atoms with E-state index in [4.69, 9.17) is 6.42 Å². The molecule has 4 rings (SSSR count). The van der Waals surface area contributed by atoms with Crippen molar-refractivity contribution in [2.75, 3.05) is 0 Å². The molecule has 5 heteroatoms. The van der Waals surface area contributed by atoms with E-state index in [2.05, 4.69) is 41.1 Å². The van der Waals surface area contributed by atoms with Gasteiger partial charge >= 0.3 is 0 Å². The highest BCUT2D eigenvalue weighted by atomic mass is 16.1. The smallest absolute Gasteiger partial charge is 0.268 e. The summed E-state index contributed by atoms with van der Waals surface area (Å²) in [5, 5.41) is 3.94. The normalized spacial score (nSPS) is 10.5. The molecule has 2 aromatic heterocycles. The number of benzene rings is 1. The van der Waals surface area contributed by atoms with Gasteiger partial charge in [-0.15, -0.1) is 6.42 Å². The molecule has 0 amide bonds. The Balaban J connectivity index is 0.000000183. The van der Waals surface area contributed by atoms with Crippen LogP contribution < -0.4 is 5.56 Å². The second-order valence-electron chi connectivity index (χ2n) is 5.39. The number of rotatable bonds is 1. The van der Waals surface area contributed by atoms with Crippen LogP contribution in [0.25, 0.3) is 16.8 Å². The Morgan fingerprint density at radius 3 is 2.39 bits per heavy atom. The molecule has 2 aromatic rings. The van der Waals surface area contributed by atoms with Gasteiger partial charge in [0.2, 0.25) is 0 Å². The first kappa shape index (κ1) is 14.8. The van der Waals surface area contributed by atoms with Crippen LogP contribution in [0, 0.1) is 26.2 Å². The number of aromatic nitrogens is 4. The van der Waals surface area contributed by atoms with Crippen LogP contribution in [0.3, 0.4) is 0 Å². The standard InChI is InChI=1S/C11H10N4O.C7H6/c1-4-9-7-15(8(2)13-9)10-5-11(16)14(3)12-6-10;1-5-4-6-2-3-7(5)6/h1,5-7H,2-3H3;2-4H,1H3. The van der Waals surface area contributed by atoms with E-state index >= 15 is 0 Å². The van der Waals surface area contributed by atoms with Gasteiger partial charge in [-0.25, -0.2) is 9.67 Å². The summed E-state index contributed by atoms with van der Waals surface area (Å²) in [5.41, 5.74) is 5.38. The van der Waals surface area contributed by atoms with E-state index in [1.807, 2.05) is 6.92 Å². The molecular weight excluding hydrogens is 288 g/mol. The van der Waals surface area contributed by atoms with E-state index < -0.39 is 0 Å². The fraction of sp³-hybridized carbons (Fsp3) is 0.167. The molecule has 2 heterocycles. The number of fused-ring (bicyclic) bond motifs is 1. The number of hydrogen-bond donors (Lipinski definition) is 0. The lowest BCUT2D eigenvalue weighted by molar-refractivity contribution is 0.701. The van der Waals surface area contributed by atoms with Crippen molar-refractivity contribution in [2.45, 2.75) is 13.8 Å². The van der Waals surface area contributed by atoms with Gasteiger partial charge in [-0.3, -0.25) is 4.79 Å². The van der Waals surface area contributed by atoms with E-state index in [-0.39, 0.29) is 5.56 Å². The molecule has 0 aromatic carbocycles. The van der Waals surface area contributed by atoms with Gasteiger partial charge < -0.3 is 4.57 Å². The molecule has 23 heavy (non-hydrogen) atoms. The third-order valence-electron chi connectivity index (χ3n) is 3.80. The van der Waals surface area contributed by atoms with E-state index in [1.165, 1.54) is 27.4 Å². The Bertz CT molecular complexity index is 989. The Hall–Kier alpha value is -3.13. The second kappa shape index (κ2) is 5.58. The minimum atomic E-state index is -0.173. The van der Waals surface area contributed by atoms with Crippen LogP contribution in [-0.2, 0) is 7.05 Å². The lowest BCUT2D eigenvalue weighted by atomic mass is 9.88. The fourth-order valence-corrected chi connectivity index (χ4v) is 2.38. The van der Waals surface area contributed by atoms with Crippen LogP contribution in [0.1, 0.15) is 17.1 Å². The van der Waals surface area contributed by atoms with Crippen LogP contribution >= 0.6 is 0 Å². The molecule has 0 unspecified atom stereocenters. The minimum absolute atomic E-state index is 0.173. The molecule has 2 aliphatic carbocycles. The second-order valence-corrected chi connectivity index (χ2v) is 5.39. The van der Waals surface area contributed by atoms with Crippen LogP contribution in [0.2, 0.25) is 0 Å². The minimum Gasteiger partial charge on any atom is -0.301 e. The van der Waals surface area contributed by atoms with Crippen molar-refractivity contribution < 1.29 is 0 Å². The highest BCUT2D eigenvalue weighted by Crippen LogP contribution is 2.35. The predicted octanol–water partition coefficient (Wildman–Crippen LogP) is 2.23. The number of nitrogens with zero attached hydrogens (tertiary/aromatic N) is 4. The van der Waals surface area contributed by atoms with Crippen LogP contribution in [0.15, 0.2) is 41.5 Å². The van der Waals surface area contributed by atoms with Gasteiger partial charge in [-0.1, -0.05) is 18.2 Å². The highest BCUT2D eigenvalue weighted by Gasteiger charge is 2.11. The van der Waals surface area contributed by atoms with Crippen LogP contribution in [-0.4, -0.2) is 19.3 Å². The van der Waals surface area contributed by atoms with Gasteiger partial charge in [-0.2, -0.15) is 5.10 Å². The summed E-state index contributed by atoms with van der Waals surface area (Å²) in [6.45, 7) is 3.96. The average Bonchev–Trinajstić information content (AvgIpc) is 2.89. The molecule has 0 saturated heterocycles. The molecule has 5 nitrogen and oxygen atoms in total. The van der Waals surface area contributed by atoms with Crippen molar-refractivity contribution in [3.8, 4) is 29.2 Å². The van der Waals surface area contributed by atoms with Crippen molar-refractivity contribution in [3.63, 3.8) is 0 Å². The van der Waals surface area contributed by atoms with Crippen LogP contribution in [0.5, 0.6) is 0 Å². The first-order valence-corrected chi connectivity index (χ1v) is 7.17. The van der Waals surface area contributed by atoms with Crippen molar-refractivity contribution in [3.05, 3.63) is 64.1 Å². The van der Waals surface area contributed by atoms with Crippen molar-refractivity contribution in [2.24, 2.45) is 7.05 Å². The molecule has 114 valence electrons. The molecule has 0 fully saturated rings. The van der Waals surface area contributed by atoms with Crippen LogP contribution in [0.4, 0.5) is 0 Å². The predicted molar refractivity (Wildman–Crippen MR) is 89.4 cm³/mol. The molecule has 0 N–H and O–H groups in total. The third kappa shape index (κ3) is 2.67. The summed E-state index contributed by atoms with van der Waals surface area (Å²) >= 11 is 0. The Morgan fingerprint density at radius 1 is 1.22 bits per heavy atom. The Labute approximate surface area is 134 Å². The zero-order valence-corrected chi connectivity index (χ0v) is 13.2. The quantitative estimate of drug-likeness (QED) is 0.507. The fourth-order valence-electron chi connectivity index (χ4n) is 2.38. The number of terminal acetylenes is 1. The Morgan fingerprint density at radius 2 is 2.00 bits per heavy atom. The first-order chi connectivity index (χ1) is 11.0. The summed E-state index contributed by atoms with van der Waals surface area (Å²) in [5.74, 6) is 3.17. The summed E-state index contributed by atoms with van der Waals surface area (Å²) in [7, 11) is 1.60. The van der Waals surface area contributed by atoms with Gasteiger partial charge in [0.15, 0.2) is 0 Å². The SMILES string of the molecule is C#Cc1cn(-c2cnn(C)c(=O)c2)c(C)n1.Cc1cc2ccc1-2. The summed E-state index contributed by atoms with van der Waals surface area (Å²) < 4.78 is 3.00. The van der Waals surface area contributed by atoms with Crippen molar-refractivity contribution >= 4 is 0 Å². The lowest BCUT2D eigenvalue weighted by Crippen LogP contribution is -2.19. The maximum Gasteiger partial charge on any atom is 0.268 e. The topological polar surface area (TPSA) is 52.7 Å². The van der Waals surface area contributed by atoms with Gasteiger partial charge in [0.1, 0.15) is 11.5 Å². The number of aryl methyl sites for hydroxylation is 3. The molecular formula is C18H16N4O. The number of hydrogen-bond acceptors (Lipinski definition) is 3. The molecule has 2 aliphatic rings. The van der Waals surface area contributed by atoms with E-state index in [0.29, 0.717) is 11.4 Å². The van der Waals surface area contributed by atoms with Gasteiger partial charge in [0.25, 0.3) is 5.56 Å². The largest absolute Gasteiger partial charge is 0.301 e. The third-order valence-corrected chi connectivity index (χ3v) is 3.80.